The highest BCUT2D eigenvalue weighted by atomic mass is 35.5. The van der Waals surface area contributed by atoms with E-state index in [4.69, 9.17) is 11.6 Å². The van der Waals surface area contributed by atoms with Gasteiger partial charge < -0.3 is 0 Å². The van der Waals surface area contributed by atoms with E-state index >= 15 is 0 Å². The van der Waals surface area contributed by atoms with Crippen molar-refractivity contribution in [1.82, 2.24) is 0 Å². The lowest BCUT2D eigenvalue weighted by atomic mass is 9.96. The standard InChI is InChI=1S/C12H11ClF4O2S/c13-11(7-1-2-20(18,19)6-7)8-3-9(12(15,16)17)5-10(14)4-8/h3-5,7,11H,1-2,6H2. The molecule has 2 rings (SSSR count). The summed E-state index contributed by atoms with van der Waals surface area (Å²) in [4.78, 5) is 0. The molecule has 2 unspecified atom stereocenters. The maximum absolute atomic E-state index is 13.3. The third kappa shape index (κ3) is 3.44. The van der Waals surface area contributed by atoms with E-state index in [1.165, 1.54) is 0 Å². The molecule has 20 heavy (non-hydrogen) atoms. The second kappa shape index (κ2) is 5.18. The predicted molar refractivity (Wildman–Crippen MR) is 66.8 cm³/mol. The third-order valence-electron chi connectivity index (χ3n) is 3.25. The molecule has 0 aromatic heterocycles. The summed E-state index contributed by atoms with van der Waals surface area (Å²) in [5, 5.41) is -0.955. The largest absolute Gasteiger partial charge is 0.416 e. The van der Waals surface area contributed by atoms with Crippen molar-refractivity contribution in [3.8, 4) is 0 Å². The lowest BCUT2D eigenvalue weighted by Gasteiger charge is -2.17. The lowest BCUT2D eigenvalue weighted by Crippen LogP contribution is -2.12. The number of hydrogen-bond donors (Lipinski definition) is 0. The summed E-state index contributed by atoms with van der Waals surface area (Å²) in [6.45, 7) is 0. The molecule has 0 aliphatic carbocycles. The first kappa shape index (κ1) is 15.6. The van der Waals surface area contributed by atoms with Gasteiger partial charge in [0.2, 0.25) is 0 Å². The molecule has 1 aromatic carbocycles. The number of alkyl halides is 4. The third-order valence-corrected chi connectivity index (χ3v) is 5.65. The Morgan fingerprint density at radius 3 is 2.40 bits per heavy atom. The molecule has 2 atom stereocenters. The van der Waals surface area contributed by atoms with E-state index in [0.717, 1.165) is 12.1 Å². The predicted octanol–water partition coefficient (Wildman–Crippen LogP) is 3.56. The topological polar surface area (TPSA) is 34.1 Å². The van der Waals surface area contributed by atoms with E-state index in [-0.39, 0.29) is 23.5 Å². The number of benzene rings is 1. The molecule has 2 nitrogen and oxygen atoms in total. The zero-order valence-electron chi connectivity index (χ0n) is 10.1. The quantitative estimate of drug-likeness (QED) is 0.614. The Morgan fingerprint density at radius 2 is 1.90 bits per heavy atom. The highest BCUT2D eigenvalue weighted by Crippen LogP contribution is 2.39. The molecule has 112 valence electrons. The van der Waals surface area contributed by atoms with Gasteiger partial charge in [-0.3, -0.25) is 0 Å². The Labute approximate surface area is 118 Å². The van der Waals surface area contributed by atoms with Gasteiger partial charge in [-0.25, -0.2) is 12.8 Å². The second-order valence-corrected chi connectivity index (χ2v) is 7.53. The van der Waals surface area contributed by atoms with Gasteiger partial charge >= 0.3 is 6.18 Å². The summed E-state index contributed by atoms with van der Waals surface area (Å²) < 4.78 is 73.8. The van der Waals surface area contributed by atoms with Gasteiger partial charge in [-0.15, -0.1) is 11.6 Å². The Kier molecular flexibility index (Phi) is 4.03. The van der Waals surface area contributed by atoms with Gasteiger partial charge in [0.25, 0.3) is 0 Å². The van der Waals surface area contributed by atoms with Crippen molar-refractivity contribution in [2.75, 3.05) is 11.5 Å². The van der Waals surface area contributed by atoms with Crippen LogP contribution in [0.15, 0.2) is 18.2 Å². The van der Waals surface area contributed by atoms with Crippen LogP contribution in [0, 0.1) is 11.7 Å². The zero-order valence-corrected chi connectivity index (χ0v) is 11.7. The molecule has 1 fully saturated rings. The van der Waals surface area contributed by atoms with Gasteiger partial charge in [0, 0.05) is 0 Å². The summed E-state index contributed by atoms with van der Waals surface area (Å²) in [6.07, 6.45) is -4.40. The number of sulfone groups is 1. The molecule has 0 amide bonds. The van der Waals surface area contributed by atoms with Crippen molar-refractivity contribution in [2.24, 2.45) is 5.92 Å². The van der Waals surface area contributed by atoms with Crippen LogP contribution in [0.25, 0.3) is 0 Å². The average Bonchev–Trinajstić information content (AvgIpc) is 2.67. The van der Waals surface area contributed by atoms with E-state index in [2.05, 4.69) is 0 Å². The molecule has 1 aliphatic rings. The van der Waals surface area contributed by atoms with Crippen LogP contribution in [-0.2, 0) is 16.0 Å². The van der Waals surface area contributed by atoms with E-state index in [1.807, 2.05) is 0 Å². The van der Waals surface area contributed by atoms with Gasteiger partial charge in [0.15, 0.2) is 9.84 Å². The molecule has 8 heteroatoms. The number of rotatable bonds is 2. The van der Waals surface area contributed by atoms with Crippen LogP contribution in [-0.4, -0.2) is 19.9 Å². The first-order valence-corrected chi connectivity index (χ1v) is 8.06. The monoisotopic (exact) mass is 330 g/mol. The average molecular weight is 331 g/mol. The Bertz CT molecular complexity index is 612. The molecular formula is C12H11ClF4O2S. The van der Waals surface area contributed by atoms with Crippen LogP contribution in [0.3, 0.4) is 0 Å². The minimum absolute atomic E-state index is 0.0394. The maximum atomic E-state index is 13.3. The summed E-state index contributed by atoms with van der Waals surface area (Å²) in [6, 6.07) is 2.07. The van der Waals surface area contributed by atoms with Crippen LogP contribution in [0.2, 0.25) is 0 Å². The van der Waals surface area contributed by atoms with Gasteiger partial charge in [-0.05, 0) is 36.1 Å². The zero-order chi connectivity index (χ0) is 15.1. The highest BCUT2D eigenvalue weighted by molar-refractivity contribution is 7.91. The van der Waals surface area contributed by atoms with E-state index in [1.54, 1.807) is 0 Å². The second-order valence-electron chi connectivity index (χ2n) is 4.84. The van der Waals surface area contributed by atoms with Crippen LogP contribution in [0.1, 0.15) is 22.9 Å². The minimum Gasteiger partial charge on any atom is -0.229 e. The van der Waals surface area contributed by atoms with Crippen LogP contribution < -0.4 is 0 Å². The normalized spacial score (nSPS) is 23.8. The minimum atomic E-state index is -4.67. The highest BCUT2D eigenvalue weighted by Gasteiger charge is 2.36. The lowest BCUT2D eigenvalue weighted by molar-refractivity contribution is -0.137. The van der Waals surface area contributed by atoms with Crippen molar-refractivity contribution in [2.45, 2.75) is 18.0 Å². The fraction of sp³-hybridized carbons (Fsp3) is 0.500. The molecule has 0 spiro atoms. The van der Waals surface area contributed by atoms with Crippen molar-refractivity contribution in [3.63, 3.8) is 0 Å². The van der Waals surface area contributed by atoms with E-state index in [0.29, 0.717) is 6.07 Å². The number of halogens is 5. The van der Waals surface area contributed by atoms with Crippen LogP contribution in [0.5, 0.6) is 0 Å². The summed E-state index contributed by atoms with van der Waals surface area (Å²) >= 11 is 6.04. The van der Waals surface area contributed by atoms with E-state index < -0.39 is 38.7 Å². The first-order chi connectivity index (χ1) is 9.08. The molecule has 1 aromatic rings. The smallest absolute Gasteiger partial charge is 0.229 e. The Morgan fingerprint density at radius 1 is 1.25 bits per heavy atom. The van der Waals surface area contributed by atoms with Gasteiger partial charge in [0.05, 0.1) is 22.4 Å². The van der Waals surface area contributed by atoms with E-state index in [9.17, 15) is 26.0 Å². The van der Waals surface area contributed by atoms with Crippen molar-refractivity contribution < 1.29 is 26.0 Å². The number of hydrogen-bond acceptors (Lipinski definition) is 2. The van der Waals surface area contributed by atoms with Gasteiger partial charge in [-0.1, -0.05) is 0 Å². The molecule has 0 saturated carbocycles. The van der Waals surface area contributed by atoms with Crippen molar-refractivity contribution >= 4 is 21.4 Å². The van der Waals surface area contributed by atoms with Gasteiger partial charge in [0.1, 0.15) is 5.82 Å². The fourth-order valence-corrected chi connectivity index (χ4v) is 4.55. The SMILES string of the molecule is O=S1(=O)CCC(C(Cl)c2cc(F)cc(C(F)(F)F)c2)C1. The maximum Gasteiger partial charge on any atom is 0.416 e. The summed E-state index contributed by atoms with van der Waals surface area (Å²) in [7, 11) is -3.20. The molecule has 1 saturated heterocycles. The Balaban J connectivity index is 2.31. The molecule has 1 heterocycles. The summed E-state index contributed by atoms with van der Waals surface area (Å²) in [5.74, 6) is -1.76. The van der Waals surface area contributed by atoms with Crippen LogP contribution in [0.4, 0.5) is 17.6 Å². The van der Waals surface area contributed by atoms with Crippen molar-refractivity contribution in [3.05, 3.63) is 35.1 Å². The molecular weight excluding hydrogens is 320 g/mol. The molecule has 0 N–H and O–H groups in total. The summed E-state index contributed by atoms with van der Waals surface area (Å²) in [5.41, 5.74) is -1.17. The van der Waals surface area contributed by atoms with Gasteiger partial charge in [-0.2, -0.15) is 13.2 Å². The molecule has 0 bridgehead atoms. The molecule has 0 radical (unpaired) electrons. The molecule has 1 aliphatic heterocycles. The fourth-order valence-electron chi connectivity index (χ4n) is 2.26. The Hall–Kier alpha value is -0.820. The van der Waals surface area contributed by atoms with Crippen molar-refractivity contribution in [1.29, 1.82) is 0 Å². The van der Waals surface area contributed by atoms with Crippen LogP contribution >= 0.6 is 11.6 Å². The first-order valence-electron chi connectivity index (χ1n) is 5.81.